The summed E-state index contributed by atoms with van der Waals surface area (Å²) in [6.45, 7) is 0.829. The fourth-order valence-electron chi connectivity index (χ4n) is 1.65. The molecule has 1 aliphatic rings. The van der Waals surface area contributed by atoms with Crippen LogP contribution in [0.3, 0.4) is 0 Å². The summed E-state index contributed by atoms with van der Waals surface area (Å²) in [5, 5.41) is 18.9. The summed E-state index contributed by atoms with van der Waals surface area (Å²) in [6.07, 6.45) is 0. The predicted octanol–water partition coefficient (Wildman–Crippen LogP) is 0.205. The minimum absolute atomic E-state index is 0.133. The first kappa shape index (κ1) is 13.7. The summed E-state index contributed by atoms with van der Waals surface area (Å²) in [7, 11) is 0. The molecule has 2 amide bonds. The zero-order chi connectivity index (χ0) is 14.0. The summed E-state index contributed by atoms with van der Waals surface area (Å²) in [5.41, 5.74) is -0.320. The maximum Gasteiger partial charge on any atom is 0.285 e. The SMILES string of the molecule is CC(CO)(CO)CON1C(=O)c2ccccc2C1=O. The molecule has 102 valence electrons. The van der Waals surface area contributed by atoms with Crippen LogP contribution >= 0.6 is 0 Å². The third-order valence-electron chi connectivity index (χ3n) is 3.06. The van der Waals surface area contributed by atoms with Gasteiger partial charge in [0.25, 0.3) is 11.8 Å². The molecule has 0 unspecified atom stereocenters. The number of benzene rings is 1. The molecule has 0 fully saturated rings. The minimum Gasteiger partial charge on any atom is -0.396 e. The van der Waals surface area contributed by atoms with Crippen molar-refractivity contribution in [2.45, 2.75) is 6.92 Å². The topological polar surface area (TPSA) is 87.1 Å². The van der Waals surface area contributed by atoms with E-state index in [4.69, 9.17) is 15.1 Å². The zero-order valence-electron chi connectivity index (χ0n) is 10.5. The van der Waals surface area contributed by atoms with Crippen molar-refractivity contribution in [1.82, 2.24) is 5.06 Å². The Kier molecular flexibility index (Phi) is 3.66. The lowest BCUT2D eigenvalue weighted by atomic mass is 9.95. The van der Waals surface area contributed by atoms with Gasteiger partial charge in [-0.05, 0) is 12.1 Å². The molecule has 1 aliphatic heterocycles. The molecule has 1 aromatic rings. The van der Waals surface area contributed by atoms with Crippen molar-refractivity contribution in [2.75, 3.05) is 19.8 Å². The van der Waals surface area contributed by atoms with Crippen molar-refractivity contribution < 1.29 is 24.6 Å². The fraction of sp³-hybridized carbons (Fsp3) is 0.385. The van der Waals surface area contributed by atoms with Gasteiger partial charge in [0.15, 0.2) is 0 Å². The number of rotatable bonds is 5. The van der Waals surface area contributed by atoms with E-state index in [-0.39, 0.29) is 19.8 Å². The summed E-state index contributed by atoms with van der Waals surface area (Å²) in [4.78, 5) is 29.1. The molecule has 6 nitrogen and oxygen atoms in total. The monoisotopic (exact) mass is 265 g/mol. The first-order valence-corrected chi connectivity index (χ1v) is 5.85. The molecule has 1 aromatic carbocycles. The average Bonchev–Trinajstić information content (AvgIpc) is 2.69. The molecule has 0 atom stereocenters. The summed E-state index contributed by atoms with van der Waals surface area (Å²) < 4.78 is 0. The second-order valence-corrected chi connectivity index (χ2v) is 4.85. The van der Waals surface area contributed by atoms with Crippen molar-refractivity contribution in [3.63, 3.8) is 0 Å². The van der Waals surface area contributed by atoms with Crippen LogP contribution in [-0.4, -0.2) is 46.9 Å². The number of carbonyl (C=O) groups is 2. The number of aliphatic hydroxyl groups excluding tert-OH is 2. The van der Waals surface area contributed by atoms with E-state index >= 15 is 0 Å². The Bertz CT molecular complexity index is 475. The van der Waals surface area contributed by atoms with Gasteiger partial charge in [-0.3, -0.25) is 14.4 Å². The van der Waals surface area contributed by atoms with E-state index in [0.29, 0.717) is 16.2 Å². The number of hydrogen-bond donors (Lipinski definition) is 2. The van der Waals surface area contributed by atoms with Crippen LogP contribution in [0.4, 0.5) is 0 Å². The van der Waals surface area contributed by atoms with Crippen LogP contribution < -0.4 is 0 Å². The number of carbonyl (C=O) groups excluding carboxylic acids is 2. The predicted molar refractivity (Wildman–Crippen MR) is 65.2 cm³/mol. The smallest absolute Gasteiger partial charge is 0.285 e. The highest BCUT2D eigenvalue weighted by molar-refractivity contribution is 6.20. The number of hydroxylamine groups is 2. The average molecular weight is 265 g/mol. The van der Waals surface area contributed by atoms with E-state index in [1.165, 1.54) is 0 Å². The highest BCUT2D eigenvalue weighted by Gasteiger charge is 2.38. The van der Waals surface area contributed by atoms with Crippen molar-refractivity contribution >= 4 is 11.8 Å². The number of imide groups is 1. The summed E-state index contributed by atoms with van der Waals surface area (Å²) in [5.74, 6) is -1.06. The van der Waals surface area contributed by atoms with Crippen LogP contribution in [0.25, 0.3) is 0 Å². The molecule has 0 bridgehead atoms. The second kappa shape index (κ2) is 5.08. The third kappa shape index (κ3) is 2.37. The van der Waals surface area contributed by atoms with Gasteiger partial charge in [-0.1, -0.05) is 19.1 Å². The molecule has 0 spiro atoms. The molecule has 2 N–H and O–H groups in total. The van der Waals surface area contributed by atoms with Gasteiger partial charge in [0, 0.05) is 5.41 Å². The Hall–Kier alpha value is -1.76. The van der Waals surface area contributed by atoms with Crippen LogP contribution in [0.1, 0.15) is 27.6 Å². The third-order valence-corrected chi connectivity index (χ3v) is 3.06. The van der Waals surface area contributed by atoms with Crippen LogP contribution in [-0.2, 0) is 4.84 Å². The lowest BCUT2D eigenvalue weighted by molar-refractivity contribution is -0.133. The zero-order valence-corrected chi connectivity index (χ0v) is 10.5. The van der Waals surface area contributed by atoms with Crippen molar-refractivity contribution in [3.8, 4) is 0 Å². The molecule has 0 saturated carbocycles. The Morgan fingerprint density at radius 3 is 2.00 bits per heavy atom. The number of fused-ring (bicyclic) bond motifs is 1. The van der Waals surface area contributed by atoms with Gasteiger partial charge in [-0.15, -0.1) is 5.06 Å². The first-order valence-electron chi connectivity index (χ1n) is 5.85. The van der Waals surface area contributed by atoms with Gasteiger partial charge < -0.3 is 10.2 Å². The van der Waals surface area contributed by atoms with E-state index < -0.39 is 17.2 Å². The van der Waals surface area contributed by atoms with Gasteiger partial charge in [-0.2, -0.15) is 0 Å². The Labute approximate surface area is 110 Å². The Balaban J connectivity index is 2.13. The van der Waals surface area contributed by atoms with E-state index in [1.54, 1.807) is 31.2 Å². The van der Waals surface area contributed by atoms with E-state index in [1.807, 2.05) is 0 Å². The highest BCUT2D eigenvalue weighted by Crippen LogP contribution is 2.24. The highest BCUT2D eigenvalue weighted by atomic mass is 16.7. The van der Waals surface area contributed by atoms with Gasteiger partial charge in [0.1, 0.15) is 0 Å². The molecular formula is C13H15NO5. The minimum atomic E-state index is -0.907. The number of aliphatic hydroxyl groups is 2. The lowest BCUT2D eigenvalue weighted by Crippen LogP contribution is -2.38. The molecule has 1 heterocycles. The van der Waals surface area contributed by atoms with Gasteiger partial charge in [-0.25, -0.2) is 0 Å². The fourth-order valence-corrected chi connectivity index (χ4v) is 1.65. The van der Waals surface area contributed by atoms with Crippen molar-refractivity contribution in [3.05, 3.63) is 35.4 Å². The second-order valence-electron chi connectivity index (χ2n) is 4.85. The Morgan fingerprint density at radius 1 is 1.11 bits per heavy atom. The summed E-state index contributed by atoms with van der Waals surface area (Å²) in [6, 6.07) is 6.44. The molecule has 2 rings (SSSR count). The van der Waals surface area contributed by atoms with Crippen LogP contribution in [0.15, 0.2) is 24.3 Å². The molecule has 0 aromatic heterocycles. The van der Waals surface area contributed by atoms with Crippen LogP contribution in [0.5, 0.6) is 0 Å². The maximum atomic E-state index is 12.0. The Morgan fingerprint density at radius 2 is 1.58 bits per heavy atom. The summed E-state index contributed by atoms with van der Waals surface area (Å²) >= 11 is 0. The largest absolute Gasteiger partial charge is 0.396 e. The number of nitrogens with zero attached hydrogens (tertiary/aromatic N) is 1. The van der Waals surface area contributed by atoms with Crippen molar-refractivity contribution in [2.24, 2.45) is 5.41 Å². The van der Waals surface area contributed by atoms with Crippen molar-refractivity contribution in [1.29, 1.82) is 0 Å². The van der Waals surface area contributed by atoms with Gasteiger partial charge in [0.05, 0.1) is 30.9 Å². The molecule has 6 heteroatoms. The van der Waals surface area contributed by atoms with E-state index in [0.717, 1.165) is 0 Å². The normalized spacial score (nSPS) is 15.0. The molecule has 0 radical (unpaired) electrons. The van der Waals surface area contributed by atoms with Gasteiger partial charge >= 0.3 is 0 Å². The molecular weight excluding hydrogens is 250 g/mol. The standard InChI is InChI=1S/C13H15NO5/c1-13(6-15,7-16)8-19-14-11(17)9-4-2-3-5-10(9)12(14)18/h2-5,15-16H,6-8H2,1H3. The van der Waals surface area contributed by atoms with Crippen LogP contribution in [0.2, 0.25) is 0 Å². The van der Waals surface area contributed by atoms with E-state index in [2.05, 4.69) is 0 Å². The van der Waals surface area contributed by atoms with Crippen LogP contribution in [0, 0.1) is 5.41 Å². The number of hydrogen-bond acceptors (Lipinski definition) is 5. The first-order chi connectivity index (χ1) is 9.02. The quantitative estimate of drug-likeness (QED) is 0.743. The lowest BCUT2D eigenvalue weighted by Gasteiger charge is -2.25. The maximum absolute atomic E-state index is 12.0. The molecule has 0 aliphatic carbocycles. The molecule has 0 saturated heterocycles. The van der Waals surface area contributed by atoms with Gasteiger partial charge in [0.2, 0.25) is 0 Å². The van der Waals surface area contributed by atoms with E-state index in [9.17, 15) is 9.59 Å². The molecule has 19 heavy (non-hydrogen) atoms. The number of amides is 2.